The average Bonchev–Trinajstić information content (AvgIpc) is 2.97. The summed E-state index contributed by atoms with van der Waals surface area (Å²) in [5, 5.41) is 18.5. The molecule has 30 heavy (non-hydrogen) atoms. The predicted molar refractivity (Wildman–Crippen MR) is 106 cm³/mol. The van der Waals surface area contributed by atoms with Crippen LogP contribution in [0.1, 0.15) is 32.0 Å². The average molecular weight is 410 g/mol. The summed E-state index contributed by atoms with van der Waals surface area (Å²) in [4.78, 5) is 47.0. The number of aromatic nitrogens is 1. The van der Waals surface area contributed by atoms with E-state index in [0.29, 0.717) is 17.8 Å². The van der Waals surface area contributed by atoms with Crippen LogP contribution >= 0.6 is 0 Å². The van der Waals surface area contributed by atoms with Crippen molar-refractivity contribution in [3.63, 3.8) is 0 Å². The molecule has 154 valence electrons. The van der Waals surface area contributed by atoms with Crippen molar-refractivity contribution in [1.29, 1.82) is 0 Å². The molecular formula is C21H18N2O7. The number of benzene rings is 2. The maximum absolute atomic E-state index is 12.6. The van der Waals surface area contributed by atoms with Crippen LogP contribution < -0.4 is 10.5 Å². The fraction of sp³-hybridized carbons (Fsp3) is 0.143. The van der Waals surface area contributed by atoms with Crippen LogP contribution in [0.4, 0.5) is 0 Å². The number of aliphatic carboxylic acids is 1. The Morgan fingerprint density at radius 1 is 1.03 bits per heavy atom. The lowest BCUT2D eigenvalue weighted by Crippen LogP contribution is -2.24. The van der Waals surface area contributed by atoms with Gasteiger partial charge in [-0.25, -0.2) is 9.59 Å². The highest BCUT2D eigenvalue weighted by Gasteiger charge is 2.29. The molecule has 1 aromatic heterocycles. The molecular weight excluding hydrogens is 392 g/mol. The number of amides is 1. The molecule has 9 nitrogen and oxygen atoms in total. The Labute approximate surface area is 170 Å². The minimum absolute atomic E-state index is 0.0355. The molecule has 0 radical (unpaired) electrons. The number of ether oxygens (including phenoxy) is 1. The van der Waals surface area contributed by atoms with E-state index in [0.717, 1.165) is 5.56 Å². The van der Waals surface area contributed by atoms with Crippen LogP contribution in [-0.4, -0.2) is 45.0 Å². The zero-order valence-corrected chi connectivity index (χ0v) is 15.9. The lowest BCUT2D eigenvalue weighted by atomic mass is 10.0. The summed E-state index contributed by atoms with van der Waals surface area (Å²) < 4.78 is 6.99. The molecule has 0 atom stereocenters. The second-order valence-electron chi connectivity index (χ2n) is 6.55. The number of fused-ring (bicyclic) bond motifs is 1. The largest absolute Gasteiger partial charge is 0.480 e. The Balaban J connectivity index is 2.36. The van der Waals surface area contributed by atoms with Gasteiger partial charge in [0.15, 0.2) is 6.61 Å². The highest BCUT2D eigenvalue weighted by molar-refractivity contribution is 6.45. The molecule has 9 heteroatoms. The number of nitrogens with zero attached hydrogens (tertiary/aromatic N) is 1. The molecule has 0 fully saturated rings. The van der Waals surface area contributed by atoms with Gasteiger partial charge in [0.25, 0.3) is 11.7 Å². The maximum Gasteiger partial charge on any atom is 0.341 e. The minimum atomic E-state index is -1.37. The van der Waals surface area contributed by atoms with Crippen molar-refractivity contribution in [2.24, 2.45) is 5.73 Å². The van der Waals surface area contributed by atoms with Gasteiger partial charge < -0.3 is 25.3 Å². The monoisotopic (exact) mass is 410 g/mol. The van der Waals surface area contributed by atoms with Gasteiger partial charge in [-0.05, 0) is 24.6 Å². The van der Waals surface area contributed by atoms with Crippen LogP contribution in [0.15, 0.2) is 42.5 Å². The number of aromatic carboxylic acids is 1. The zero-order valence-electron chi connectivity index (χ0n) is 15.9. The van der Waals surface area contributed by atoms with E-state index in [2.05, 4.69) is 0 Å². The molecule has 3 aromatic rings. The summed E-state index contributed by atoms with van der Waals surface area (Å²) in [6.45, 7) is 1.09. The Morgan fingerprint density at radius 3 is 2.27 bits per heavy atom. The Bertz CT molecular complexity index is 1180. The smallest absolute Gasteiger partial charge is 0.341 e. The van der Waals surface area contributed by atoms with Crippen molar-refractivity contribution >= 4 is 34.5 Å². The summed E-state index contributed by atoms with van der Waals surface area (Å²) in [6.07, 6.45) is 0. The SMILES string of the molecule is Cc1c(C(=O)C(N)=O)c2c(OCC(=O)O)c(C(=O)O)ccc2n1Cc1ccccc1. The number of carboxylic acid groups (broad SMARTS) is 2. The van der Waals surface area contributed by atoms with Crippen LogP contribution in [0.25, 0.3) is 10.9 Å². The van der Waals surface area contributed by atoms with Crippen LogP contribution in [0.5, 0.6) is 5.75 Å². The van der Waals surface area contributed by atoms with Crippen LogP contribution in [0.3, 0.4) is 0 Å². The molecule has 4 N–H and O–H groups in total. The second-order valence-corrected chi connectivity index (χ2v) is 6.55. The number of hydrogen-bond donors (Lipinski definition) is 3. The number of carboxylic acids is 2. The van der Waals surface area contributed by atoms with Crippen LogP contribution in [0, 0.1) is 6.92 Å². The quantitative estimate of drug-likeness (QED) is 0.379. The number of primary amides is 1. The van der Waals surface area contributed by atoms with Crippen molar-refractivity contribution in [2.75, 3.05) is 6.61 Å². The fourth-order valence-corrected chi connectivity index (χ4v) is 3.36. The van der Waals surface area contributed by atoms with E-state index in [4.69, 9.17) is 15.6 Å². The predicted octanol–water partition coefficient (Wildman–Crippen LogP) is 1.83. The van der Waals surface area contributed by atoms with E-state index < -0.39 is 30.2 Å². The van der Waals surface area contributed by atoms with E-state index in [9.17, 15) is 24.3 Å². The first-order chi connectivity index (χ1) is 14.2. The van der Waals surface area contributed by atoms with Gasteiger partial charge in [-0.15, -0.1) is 0 Å². The normalized spacial score (nSPS) is 10.7. The van der Waals surface area contributed by atoms with Gasteiger partial charge in [-0.2, -0.15) is 0 Å². The minimum Gasteiger partial charge on any atom is -0.480 e. The number of hydrogen-bond acceptors (Lipinski definition) is 5. The summed E-state index contributed by atoms with van der Waals surface area (Å²) >= 11 is 0. The molecule has 0 spiro atoms. The summed E-state index contributed by atoms with van der Waals surface area (Å²) in [5.41, 5.74) is 6.44. The molecule has 0 unspecified atom stereocenters. The molecule has 0 bridgehead atoms. The van der Waals surface area contributed by atoms with E-state index in [1.165, 1.54) is 12.1 Å². The molecule has 0 aliphatic carbocycles. The number of rotatable bonds is 8. The van der Waals surface area contributed by atoms with Gasteiger partial charge in [-0.1, -0.05) is 30.3 Å². The van der Waals surface area contributed by atoms with Crippen LogP contribution in [-0.2, 0) is 16.1 Å². The molecule has 0 saturated carbocycles. The Hall–Kier alpha value is -4.14. The second kappa shape index (κ2) is 8.08. The molecule has 0 aliphatic heterocycles. The van der Waals surface area contributed by atoms with E-state index in [1.807, 2.05) is 30.3 Å². The van der Waals surface area contributed by atoms with Gasteiger partial charge in [0.1, 0.15) is 11.3 Å². The maximum atomic E-state index is 12.6. The topological polar surface area (TPSA) is 149 Å². The van der Waals surface area contributed by atoms with Gasteiger partial charge >= 0.3 is 11.9 Å². The summed E-state index contributed by atoms with van der Waals surface area (Å²) in [6, 6.07) is 12.0. The zero-order chi connectivity index (χ0) is 22.0. The van der Waals surface area contributed by atoms with Gasteiger partial charge in [0, 0.05) is 12.2 Å². The van der Waals surface area contributed by atoms with Gasteiger partial charge in [-0.3, -0.25) is 9.59 Å². The van der Waals surface area contributed by atoms with E-state index in [-0.39, 0.29) is 22.3 Å². The number of Topliss-reactive ketones (excluding diaryl/α,β-unsaturated/α-hetero) is 1. The standard InChI is InChI=1S/C21H18N2O7/c1-11-16(18(26)20(22)27)17-14(23(11)9-12-5-3-2-4-6-12)8-7-13(21(28)29)19(17)30-10-15(24)25/h2-8H,9-10H2,1H3,(H2,22,27)(H,24,25)(H,28,29). The number of nitrogens with two attached hydrogens (primary N) is 1. The Kier molecular flexibility index (Phi) is 5.54. The van der Waals surface area contributed by atoms with Crippen molar-refractivity contribution in [1.82, 2.24) is 4.57 Å². The van der Waals surface area contributed by atoms with Crippen LogP contribution in [0.2, 0.25) is 0 Å². The molecule has 0 aliphatic rings. The third kappa shape index (κ3) is 3.72. The van der Waals surface area contributed by atoms with E-state index >= 15 is 0 Å². The molecule has 1 amide bonds. The first kappa shape index (κ1) is 20.6. The Morgan fingerprint density at radius 2 is 1.70 bits per heavy atom. The third-order valence-corrected chi connectivity index (χ3v) is 4.65. The molecule has 3 rings (SSSR count). The highest BCUT2D eigenvalue weighted by Crippen LogP contribution is 2.37. The van der Waals surface area contributed by atoms with Crippen molar-refractivity contribution in [3.05, 3.63) is 64.8 Å². The summed E-state index contributed by atoms with van der Waals surface area (Å²) in [7, 11) is 0. The third-order valence-electron chi connectivity index (χ3n) is 4.65. The number of carbonyl (C=O) groups is 4. The first-order valence-corrected chi connectivity index (χ1v) is 8.84. The first-order valence-electron chi connectivity index (χ1n) is 8.84. The lowest BCUT2D eigenvalue weighted by molar-refractivity contribution is -0.139. The van der Waals surface area contributed by atoms with Gasteiger partial charge in [0.2, 0.25) is 0 Å². The summed E-state index contributed by atoms with van der Waals surface area (Å²) in [5.74, 6) is -5.24. The van der Waals surface area contributed by atoms with Crippen molar-refractivity contribution < 1.29 is 34.1 Å². The lowest BCUT2D eigenvalue weighted by Gasteiger charge is -2.11. The number of ketones is 1. The molecule has 0 saturated heterocycles. The van der Waals surface area contributed by atoms with Crippen molar-refractivity contribution in [3.8, 4) is 5.75 Å². The fourth-order valence-electron chi connectivity index (χ4n) is 3.36. The van der Waals surface area contributed by atoms with E-state index in [1.54, 1.807) is 11.5 Å². The highest BCUT2D eigenvalue weighted by atomic mass is 16.5. The van der Waals surface area contributed by atoms with Gasteiger partial charge in [0.05, 0.1) is 16.5 Å². The van der Waals surface area contributed by atoms with Crippen molar-refractivity contribution in [2.45, 2.75) is 13.5 Å². The molecule has 1 heterocycles. The molecule has 2 aromatic carbocycles. The number of carbonyl (C=O) groups excluding carboxylic acids is 2.